The van der Waals surface area contributed by atoms with Crippen LogP contribution in [0, 0.1) is 16.7 Å². The topological polar surface area (TPSA) is 15.3 Å². The van der Waals surface area contributed by atoms with Crippen molar-refractivity contribution >= 4 is 0 Å². The molecule has 0 aromatic carbocycles. The Morgan fingerprint density at radius 1 is 1.09 bits per heavy atom. The predicted octanol–water partition coefficient (Wildman–Crippen LogP) is 5.06. The van der Waals surface area contributed by atoms with Gasteiger partial charge in [-0.05, 0) is 36.3 Å². The van der Waals surface area contributed by atoms with Gasteiger partial charge in [0.2, 0.25) is 0 Å². The van der Waals surface area contributed by atoms with Crippen LogP contribution in [0.25, 0.3) is 0 Å². The zero-order valence-corrected chi connectivity index (χ0v) is 16.6. The molecule has 0 aromatic rings. The maximum atomic E-state index is 3.86. The number of nitrogens with one attached hydrogen (secondary N) is 1. The van der Waals surface area contributed by atoms with Gasteiger partial charge >= 0.3 is 0 Å². The zero-order chi connectivity index (χ0) is 17.1. The molecule has 0 aliphatic carbocycles. The van der Waals surface area contributed by atoms with Crippen molar-refractivity contribution in [1.82, 2.24) is 10.2 Å². The van der Waals surface area contributed by atoms with Crippen LogP contribution in [0.1, 0.15) is 75.2 Å². The molecular formula is C20H40N2. The molecule has 1 atom stereocenters. The van der Waals surface area contributed by atoms with Gasteiger partial charge in [-0.25, -0.2) is 0 Å². The standard InChI is InChI=1S/C20H40N2/c1-10-11-22-14-17(19(4,5)6)18(20(7,8)9)21-13-16(22)12-15(2)3/h15-16,21H,10-14H2,1-9H3/t16-/m1/s1. The Balaban J connectivity index is 3.19. The van der Waals surface area contributed by atoms with Crippen molar-refractivity contribution in [3.63, 3.8) is 0 Å². The monoisotopic (exact) mass is 308 g/mol. The van der Waals surface area contributed by atoms with E-state index >= 15 is 0 Å². The van der Waals surface area contributed by atoms with Crippen LogP contribution in [0.5, 0.6) is 0 Å². The van der Waals surface area contributed by atoms with Gasteiger partial charge in [-0.2, -0.15) is 0 Å². The number of hydrogen-bond acceptors (Lipinski definition) is 2. The smallest absolute Gasteiger partial charge is 0.0300 e. The Bertz CT molecular complexity index is 379. The molecule has 0 unspecified atom stereocenters. The molecule has 2 nitrogen and oxygen atoms in total. The van der Waals surface area contributed by atoms with Crippen LogP contribution in [0.3, 0.4) is 0 Å². The number of hydrogen-bond donors (Lipinski definition) is 1. The quantitative estimate of drug-likeness (QED) is 0.780. The van der Waals surface area contributed by atoms with E-state index in [4.69, 9.17) is 0 Å². The van der Waals surface area contributed by atoms with E-state index in [2.05, 4.69) is 72.5 Å². The lowest BCUT2D eigenvalue weighted by atomic mass is 9.78. The highest BCUT2D eigenvalue weighted by Gasteiger charge is 2.33. The van der Waals surface area contributed by atoms with Crippen molar-refractivity contribution in [1.29, 1.82) is 0 Å². The van der Waals surface area contributed by atoms with E-state index in [0.29, 0.717) is 6.04 Å². The third-order valence-electron chi connectivity index (χ3n) is 4.60. The van der Waals surface area contributed by atoms with Crippen LogP contribution in [-0.2, 0) is 0 Å². The average Bonchev–Trinajstić information content (AvgIpc) is 2.48. The molecule has 1 aliphatic heterocycles. The predicted molar refractivity (Wildman–Crippen MR) is 99.0 cm³/mol. The first-order valence-corrected chi connectivity index (χ1v) is 9.18. The Kier molecular flexibility index (Phi) is 6.56. The van der Waals surface area contributed by atoms with Crippen molar-refractivity contribution in [2.75, 3.05) is 19.6 Å². The number of rotatable bonds is 4. The normalized spacial score (nSPS) is 22.0. The second kappa shape index (κ2) is 7.38. The van der Waals surface area contributed by atoms with Gasteiger partial charge in [0.05, 0.1) is 0 Å². The summed E-state index contributed by atoms with van der Waals surface area (Å²) in [5, 5.41) is 3.86. The summed E-state index contributed by atoms with van der Waals surface area (Å²) in [4.78, 5) is 2.73. The molecule has 0 radical (unpaired) electrons. The molecule has 0 amide bonds. The largest absolute Gasteiger partial charge is 0.386 e. The SMILES string of the molecule is CCCN1CC(C(C)(C)C)=C(C(C)(C)C)NC[C@H]1CC(C)C. The zero-order valence-electron chi connectivity index (χ0n) is 16.6. The Morgan fingerprint density at radius 3 is 2.09 bits per heavy atom. The van der Waals surface area contributed by atoms with Crippen molar-refractivity contribution < 1.29 is 0 Å². The first kappa shape index (κ1) is 19.5. The summed E-state index contributed by atoms with van der Waals surface area (Å²) in [6.07, 6.45) is 2.51. The van der Waals surface area contributed by atoms with Gasteiger partial charge in [0.15, 0.2) is 0 Å². The molecule has 0 saturated carbocycles. The van der Waals surface area contributed by atoms with E-state index in [9.17, 15) is 0 Å². The fourth-order valence-electron chi connectivity index (χ4n) is 3.52. The van der Waals surface area contributed by atoms with E-state index in [1.54, 1.807) is 5.57 Å². The maximum Gasteiger partial charge on any atom is 0.0300 e. The summed E-state index contributed by atoms with van der Waals surface area (Å²) < 4.78 is 0. The fraction of sp³-hybridized carbons (Fsp3) is 0.900. The van der Waals surface area contributed by atoms with Crippen LogP contribution in [0.2, 0.25) is 0 Å². The first-order chi connectivity index (χ1) is 9.96. The van der Waals surface area contributed by atoms with E-state index in [-0.39, 0.29) is 10.8 Å². The lowest BCUT2D eigenvalue weighted by Crippen LogP contribution is -2.42. The molecule has 0 bridgehead atoms. The summed E-state index contributed by atoms with van der Waals surface area (Å²) in [6.45, 7) is 24.5. The second-order valence-corrected chi connectivity index (χ2v) is 9.49. The highest BCUT2D eigenvalue weighted by atomic mass is 15.2. The summed E-state index contributed by atoms with van der Waals surface area (Å²) in [5.74, 6) is 0.750. The molecule has 0 saturated heterocycles. The van der Waals surface area contributed by atoms with E-state index in [0.717, 1.165) is 19.0 Å². The molecule has 0 fully saturated rings. The van der Waals surface area contributed by atoms with Crippen molar-refractivity contribution in [2.24, 2.45) is 16.7 Å². The van der Waals surface area contributed by atoms with Gasteiger partial charge in [0.25, 0.3) is 0 Å². The summed E-state index contributed by atoms with van der Waals surface area (Å²) in [6, 6.07) is 0.650. The minimum absolute atomic E-state index is 0.188. The molecule has 22 heavy (non-hydrogen) atoms. The molecule has 1 heterocycles. The van der Waals surface area contributed by atoms with E-state index < -0.39 is 0 Å². The van der Waals surface area contributed by atoms with Gasteiger partial charge < -0.3 is 5.32 Å². The number of allylic oxidation sites excluding steroid dienone is 1. The minimum Gasteiger partial charge on any atom is -0.386 e. The lowest BCUT2D eigenvalue weighted by Gasteiger charge is -2.35. The van der Waals surface area contributed by atoms with Crippen molar-refractivity contribution in [3.8, 4) is 0 Å². The van der Waals surface area contributed by atoms with Crippen LogP contribution in [-0.4, -0.2) is 30.6 Å². The van der Waals surface area contributed by atoms with Gasteiger partial charge in [-0.1, -0.05) is 62.3 Å². The summed E-state index contributed by atoms with van der Waals surface area (Å²) in [7, 11) is 0. The molecule has 1 aliphatic rings. The lowest BCUT2D eigenvalue weighted by molar-refractivity contribution is 0.185. The minimum atomic E-state index is 0.188. The Morgan fingerprint density at radius 2 is 1.68 bits per heavy atom. The van der Waals surface area contributed by atoms with Crippen molar-refractivity contribution in [3.05, 3.63) is 11.3 Å². The second-order valence-electron chi connectivity index (χ2n) is 9.49. The number of nitrogens with zero attached hydrogens (tertiary/aromatic N) is 1. The molecule has 2 heteroatoms. The van der Waals surface area contributed by atoms with Crippen molar-refractivity contribution in [2.45, 2.75) is 81.2 Å². The van der Waals surface area contributed by atoms with E-state index in [1.165, 1.54) is 25.1 Å². The van der Waals surface area contributed by atoms with Crippen LogP contribution in [0.4, 0.5) is 0 Å². The first-order valence-electron chi connectivity index (χ1n) is 9.18. The Labute approximate surface area is 139 Å². The Hall–Kier alpha value is -0.500. The molecule has 1 rings (SSSR count). The third kappa shape index (κ3) is 5.30. The fourth-order valence-corrected chi connectivity index (χ4v) is 3.52. The third-order valence-corrected chi connectivity index (χ3v) is 4.60. The van der Waals surface area contributed by atoms with Gasteiger partial charge in [0, 0.05) is 30.2 Å². The highest BCUT2D eigenvalue weighted by molar-refractivity contribution is 5.26. The van der Waals surface area contributed by atoms with Crippen LogP contribution < -0.4 is 5.32 Å². The highest BCUT2D eigenvalue weighted by Crippen LogP contribution is 2.37. The van der Waals surface area contributed by atoms with Gasteiger partial charge in [0.1, 0.15) is 0 Å². The van der Waals surface area contributed by atoms with Crippen LogP contribution in [0.15, 0.2) is 11.3 Å². The molecule has 0 aromatic heterocycles. The summed E-state index contributed by atoms with van der Waals surface area (Å²) in [5.41, 5.74) is 3.48. The molecular weight excluding hydrogens is 268 g/mol. The van der Waals surface area contributed by atoms with E-state index in [1.807, 2.05) is 0 Å². The molecule has 130 valence electrons. The average molecular weight is 309 g/mol. The van der Waals surface area contributed by atoms with Crippen LogP contribution >= 0.6 is 0 Å². The van der Waals surface area contributed by atoms with Gasteiger partial charge in [-0.15, -0.1) is 0 Å². The summed E-state index contributed by atoms with van der Waals surface area (Å²) >= 11 is 0. The molecule has 1 N–H and O–H groups in total. The molecule has 0 spiro atoms. The maximum absolute atomic E-state index is 3.86. The van der Waals surface area contributed by atoms with Gasteiger partial charge in [-0.3, -0.25) is 4.90 Å².